The van der Waals surface area contributed by atoms with Gasteiger partial charge in [-0.15, -0.1) is 0 Å². The molecule has 0 saturated carbocycles. The summed E-state index contributed by atoms with van der Waals surface area (Å²) in [7, 11) is 0. The van der Waals surface area contributed by atoms with Crippen molar-refractivity contribution in [2.75, 3.05) is 0 Å². The highest BCUT2D eigenvalue weighted by atomic mass is 16.2. The van der Waals surface area contributed by atoms with Crippen molar-refractivity contribution in [2.24, 2.45) is 0 Å². The first-order valence-corrected chi connectivity index (χ1v) is 4.44. The molecule has 0 saturated heterocycles. The molecule has 0 aliphatic carbocycles. The Bertz CT molecular complexity index is 470. The van der Waals surface area contributed by atoms with Gasteiger partial charge in [0.15, 0.2) is 5.43 Å². The van der Waals surface area contributed by atoms with Crippen LogP contribution in [0.25, 0.3) is 0 Å². The molecule has 0 aliphatic rings. The van der Waals surface area contributed by atoms with Crippen molar-refractivity contribution in [2.45, 2.75) is 19.9 Å². The smallest absolute Gasteiger partial charge is 0.257 e. The number of hydrogen-bond donors (Lipinski definition) is 2. The lowest BCUT2D eigenvalue weighted by molar-refractivity contribution is 0.0946. The molecule has 0 radical (unpaired) electrons. The van der Waals surface area contributed by atoms with Gasteiger partial charge in [-0.05, 0) is 13.8 Å². The largest absolute Gasteiger partial charge is 0.364 e. The SMILES string of the molecule is Cc1cc(=O)c(C(=O)NC(C)C#N)c[nH]1. The van der Waals surface area contributed by atoms with Gasteiger partial charge in [0.1, 0.15) is 11.6 Å². The third-order valence-corrected chi connectivity index (χ3v) is 1.84. The molecule has 5 nitrogen and oxygen atoms in total. The lowest BCUT2D eigenvalue weighted by atomic mass is 10.2. The van der Waals surface area contributed by atoms with Crippen LogP contribution in [0.1, 0.15) is 23.0 Å². The summed E-state index contributed by atoms with van der Waals surface area (Å²) in [6.07, 6.45) is 1.34. The minimum atomic E-state index is -0.613. The molecule has 15 heavy (non-hydrogen) atoms. The number of nitrogens with zero attached hydrogens (tertiary/aromatic N) is 1. The van der Waals surface area contributed by atoms with Crippen LogP contribution in [0, 0.1) is 18.3 Å². The molecule has 1 aromatic heterocycles. The van der Waals surface area contributed by atoms with Crippen molar-refractivity contribution in [1.82, 2.24) is 10.3 Å². The lowest BCUT2D eigenvalue weighted by Gasteiger charge is -2.05. The molecule has 1 aromatic rings. The molecule has 1 rings (SSSR count). The van der Waals surface area contributed by atoms with Gasteiger partial charge in [0.25, 0.3) is 5.91 Å². The Labute approximate surface area is 86.7 Å². The van der Waals surface area contributed by atoms with E-state index >= 15 is 0 Å². The second-order valence-corrected chi connectivity index (χ2v) is 3.22. The molecule has 0 aliphatic heterocycles. The van der Waals surface area contributed by atoms with Crippen LogP contribution in [-0.4, -0.2) is 16.9 Å². The zero-order valence-corrected chi connectivity index (χ0v) is 8.50. The molecule has 0 aromatic carbocycles. The number of aromatic nitrogens is 1. The van der Waals surface area contributed by atoms with E-state index in [-0.39, 0.29) is 11.0 Å². The Morgan fingerprint density at radius 3 is 2.87 bits per heavy atom. The summed E-state index contributed by atoms with van der Waals surface area (Å²) in [5.41, 5.74) is 0.349. The number of hydrogen-bond acceptors (Lipinski definition) is 3. The van der Waals surface area contributed by atoms with E-state index < -0.39 is 11.9 Å². The fourth-order valence-corrected chi connectivity index (χ4v) is 1.06. The summed E-state index contributed by atoms with van der Waals surface area (Å²) < 4.78 is 0. The molecule has 1 unspecified atom stereocenters. The van der Waals surface area contributed by atoms with Gasteiger partial charge in [-0.3, -0.25) is 9.59 Å². The number of pyridine rings is 1. The van der Waals surface area contributed by atoms with Gasteiger partial charge < -0.3 is 10.3 Å². The highest BCUT2D eigenvalue weighted by molar-refractivity contribution is 5.94. The van der Waals surface area contributed by atoms with Crippen molar-refractivity contribution in [3.63, 3.8) is 0 Å². The predicted molar refractivity (Wildman–Crippen MR) is 54.3 cm³/mol. The molecule has 1 heterocycles. The first-order valence-electron chi connectivity index (χ1n) is 4.44. The van der Waals surface area contributed by atoms with Crippen LogP contribution in [0.15, 0.2) is 17.1 Å². The van der Waals surface area contributed by atoms with E-state index in [1.807, 2.05) is 6.07 Å². The summed E-state index contributed by atoms with van der Waals surface area (Å²) >= 11 is 0. The fourth-order valence-electron chi connectivity index (χ4n) is 1.06. The summed E-state index contributed by atoms with van der Waals surface area (Å²) in [5, 5.41) is 10.9. The molecule has 0 fully saturated rings. The van der Waals surface area contributed by atoms with Crippen molar-refractivity contribution in [3.05, 3.63) is 33.7 Å². The summed E-state index contributed by atoms with van der Waals surface area (Å²) in [4.78, 5) is 25.6. The van der Waals surface area contributed by atoms with Gasteiger partial charge in [-0.1, -0.05) is 0 Å². The van der Waals surface area contributed by atoms with Crippen molar-refractivity contribution in [1.29, 1.82) is 5.26 Å². The maximum atomic E-state index is 11.5. The van der Waals surface area contributed by atoms with Crippen LogP contribution in [0.2, 0.25) is 0 Å². The molecule has 0 bridgehead atoms. The average molecular weight is 205 g/mol. The molecule has 1 atom stereocenters. The maximum absolute atomic E-state index is 11.5. The summed E-state index contributed by atoms with van der Waals surface area (Å²) in [6, 6.07) is 2.58. The van der Waals surface area contributed by atoms with E-state index in [9.17, 15) is 9.59 Å². The Balaban J connectivity index is 2.94. The van der Waals surface area contributed by atoms with E-state index in [1.54, 1.807) is 13.8 Å². The van der Waals surface area contributed by atoms with Crippen LogP contribution >= 0.6 is 0 Å². The van der Waals surface area contributed by atoms with E-state index in [0.29, 0.717) is 5.69 Å². The van der Waals surface area contributed by atoms with Crippen LogP contribution in [-0.2, 0) is 0 Å². The van der Waals surface area contributed by atoms with Gasteiger partial charge in [0.05, 0.1) is 6.07 Å². The Hall–Kier alpha value is -2.09. The van der Waals surface area contributed by atoms with Gasteiger partial charge in [0.2, 0.25) is 0 Å². The van der Waals surface area contributed by atoms with E-state index in [0.717, 1.165) is 0 Å². The third-order valence-electron chi connectivity index (χ3n) is 1.84. The Morgan fingerprint density at radius 1 is 1.67 bits per heavy atom. The average Bonchev–Trinajstić information content (AvgIpc) is 2.17. The normalized spacial score (nSPS) is 11.5. The van der Waals surface area contributed by atoms with Crippen LogP contribution in [0.3, 0.4) is 0 Å². The van der Waals surface area contributed by atoms with Gasteiger partial charge >= 0.3 is 0 Å². The first-order chi connectivity index (χ1) is 7.04. The number of nitriles is 1. The predicted octanol–water partition coefficient (Wildman–Crippen LogP) is 0.325. The van der Waals surface area contributed by atoms with Crippen molar-refractivity contribution < 1.29 is 4.79 Å². The molecule has 5 heteroatoms. The van der Waals surface area contributed by atoms with Crippen molar-refractivity contribution in [3.8, 4) is 6.07 Å². The number of rotatable bonds is 2. The number of carbonyl (C=O) groups is 1. The second-order valence-electron chi connectivity index (χ2n) is 3.22. The van der Waals surface area contributed by atoms with E-state index in [2.05, 4.69) is 10.3 Å². The minimum Gasteiger partial charge on any atom is -0.364 e. The minimum absolute atomic E-state index is 0.0164. The number of carbonyl (C=O) groups excluding carboxylic acids is 1. The zero-order valence-electron chi connectivity index (χ0n) is 8.50. The third kappa shape index (κ3) is 2.68. The number of amides is 1. The second kappa shape index (κ2) is 4.42. The first kappa shape index (κ1) is 11.0. The lowest BCUT2D eigenvalue weighted by Crippen LogP contribution is -2.34. The van der Waals surface area contributed by atoms with Gasteiger partial charge in [-0.25, -0.2) is 0 Å². The molecular weight excluding hydrogens is 194 g/mol. The van der Waals surface area contributed by atoms with Crippen LogP contribution < -0.4 is 10.7 Å². The quantitative estimate of drug-likeness (QED) is 0.729. The highest BCUT2D eigenvalue weighted by Crippen LogP contribution is 1.93. The summed E-state index contributed by atoms with van der Waals surface area (Å²) in [6.45, 7) is 3.27. The monoisotopic (exact) mass is 205 g/mol. The molecule has 78 valence electrons. The Morgan fingerprint density at radius 2 is 2.33 bits per heavy atom. The van der Waals surface area contributed by atoms with E-state index in [1.165, 1.54) is 12.3 Å². The number of nitrogens with one attached hydrogen (secondary N) is 2. The molecule has 2 N–H and O–H groups in total. The number of H-pyrrole nitrogens is 1. The maximum Gasteiger partial charge on any atom is 0.257 e. The zero-order chi connectivity index (χ0) is 11.4. The van der Waals surface area contributed by atoms with Crippen molar-refractivity contribution >= 4 is 5.91 Å². The Kier molecular flexibility index (Phi) is 3.24. The van der Waals surface area contributed by atoms with E-state index in [4.69, 9.17) is 5.26 Å². The van der Waals surface area contributed by atoms with Gasteiger partial charge in [-0.2, -0.15) is 5.26 Å². The van der Waals surface area contributed by atoms with Crippen LogP contribution in [0.5, 0.6) is 0 Å². The fraction of sp³-hybridized carbons (Fsp3) is 0.300. The van der Waals surface area contributed by atoms with Gasteiger partial charge in [0, 0.05) is 18.0 Å². The standard InChI is InChI=1S/C10H11N3O2/c1-6-3-9(14)8(5-12-6)10(15)13-7(2)4-11/h3,5,7H,1-2H3,(H,12,14)(H,13,15). The summed E-state index contributed by atoms with van der Waals surface area (Å²) in [5.74, 6) is -0.537. The number of aromatic amines is 1. The molecule has 0 spiro atoms. The molecule has 1 amide bonds. The number of aryl methyl sites for hydroxylation is 1. The molecular formula is C10H11N3O2. The highest BCUT2D eigenvalue weighted by Gasteiger charge is 2.12. The van der Waals surface area contributed by atoms with Crippen LogP contribution in [0.4, 0.5) is 0 Å². The topological polar surface area (TPSA) is 85.8 Å².